The molecule has 0 radical (unpaired) electrons. The molecule has 0 spiro atoms. The second-order valence-corrected chi connectivity index (χ2v) is 5.02. The smallest absolute Gasteiger partial charge is 0.228 e. The van der Waals surface area contributed by atoms with E-state index < -0.39 is 0 Å². The molecule has 3 rings (SSSR count). The summed E-state index contributed by atoms with van der Waals surface area (Å²) >= 11 is 5.77. The van der Waals surface area contributed by atoms with Gasteiger partial charge in [0, 0.05) is 18.7 Å². The van der Waals surface area contributed by atoms with Crippen molar-refractivity contribution in [2.75, 3.05) is 0 Å². The molecule has 0 bridgehead atoms. The van der Waals surface area contributed by atoms with E-state index in [4.69, 9.17) is 21.9 Å². The number of aromatic nitrogens is 3. The van der Waals surface area contributed by atoms with Gasteiger partial charge in [0.15, 0.2) is 0 Å². The van der Waals surface area contributed by atoms with Crippen LogP contribution in [0.3, 0.4) is 0 Å². The fraction of sp³-hybridized carbons (Fsp3) is 0.417. The van der Waals surface area contributed by atoms with Crippen LogP contribution >= 0.6 is 11.6 Å². The zero-order valence-electron chi connectivity index (χ0n) is 9.71. The predicted molar refractivity (Wildman–Crippen MR) is 66.9 cm³/mol. The van der Waals surface area contributed by atoms with E-state index in [1.165, 1.54) is 12.8 Å². The highest BCUT2D eigenvalue weighted by molar-refractivity contribution is 6.30. The molecule has 5 nitrogen and oxygen atoms in total. The Labute approximate surface area is 109 Å². The lowest BCUT2D eigenvalue weighted by atomic mass is 10.1. The number of hydrogen-bond acceptors (Lipinski definition) is 5. The fourth-order valence-corrected chi connectivity index (χ4v) is 1.95. The normalized spacial score (nSPS) is 16.8. The van der Waals surface area contributed by atoms with E-state index in [0.717, 1.165) is 0 Å². The highest BCUT2D eigenvalue weighted by Gasteiger charge is 2.29. The molecule has 0 aromatic carbocycles. The van der Waals surface area contributed by atoms with Crippen LogP contribution in [0.15, 0.2) is 22.9 Å². The van der Waals surface area contributed by atoms with Crippen LogP contribution in [-0.4, -0.2) is 21.2 Å². The lowest BCUT2D eigenvalue weighted by Crippen LogP contribution is -2.25. The molecular weight excluding hydrogens is 252 g/mol. The van der Waals surface area contributed by atoms with Crippen LogP contribution in [0.2, 0.25) is 5.02 Å². The van der Waals surface area contributed by atoms with Gasteiger partial charge in [0.05, 0.1) is 5.02 Å². The molecule has 2 aromatic heterocycles. The summed E-state index contributed by atoms with van der Waals surface area (Å²) in [6.45, 7) is 0. The topological polar surface area (TPSA) is 77.8 Å². The zero-order chi connectivity index (χ0) is 12.5. The summed E-state index contributed by atoms with van der Waals surface area (Å²) in [5, 5.41) is 4.48. The summed E-state index contributed by atoms with van der Waals surface area (Å²) in [5.41, 5.74) is 6.67. The average Bonchev–Trinajstić information content (AvgIpc) is 3.12. The maximum absolute atomic E-state index is 6.02. The van der Waals surface area contributed by atoms with Crippen LogP contribution in [-0.2, 0) is 6.42 Å². The van der Waals surface area contributed by atoms with Crippen molar-refractivity contribution in [1.29, 1.82) is 0 Å². The van der Waals surface area contributed by atoms with E-state index in [2.05, 4.69) is 15.1 Å². The molecule has 0 saturated heterocycles. The molecule has 18 heavy (non-hydrogen) atoms. The highest BCUT2D eigenvalue weighted by atomic mass is 35.5. The van der Waals surface area contributed by atoms with Crippen molar-refractivity contribution in [2.24, 2.45) is 11.7 Å². The average molecular weight is 265 g/mol. The molecular formula is C12H13ClN4O. The molecule has 1 unspecified atom stereocenters. The molecule has 1 fully saturated rings. The van der Waals surface area contributed by atoms with Gasteiger partial charge >= 0.3 is 0 Å². The van der Waals surface area contributed by atoms with E-state index in [1.54, 1.807) is 18.3 Å². The zero-order valence-corrected chi connectivity index (χ0v) is 10.5. The van der Waals surface area contributed by atoms with Crippen LogP contribution < -0.4 is 5.73 Å². The van der Waals surface area contributed by atoms with Gasteiger partial charge in [-0.05, 0) is 30.9 Å². The quantitative estimate of drug-likeness (QED) is 0.915. The molecule has 6 heteroatoms. The third-order valence-electron chi connectivity index (χ3n) is 3.06. The number of rotatable bonds is 4. The Morgan fingerprint density at radius 3 is 2.94 bits per heavy atom. The molecule has 0 aliphatic heterocycles. The van der Waals surface area contributed by atoms with Gasteiger partial charge in [0.25, 0.3) is 0 Å². The summed E-state index contributed by atoms with van der Waals surface area (Å²) in [5.74, 6) is 1.67. The lowest BCUT2D eigenvalue weighted by Gasteiger charge is -2.04. The Hall–Kier alpha value is -1.46. The molecule has 2 aromatic rings. The summed E-state index contributed by atoms with van der Waals surface area (Å²) < 4.78 is 5.18. The fourth-order valence-electron chi connectivity index (χ4n) is 1.84. The van der Waals surface area contributed by atoms with E-state index >= 15 is 0 Å². The first-order valence-electron chi connectivity index (χ1n) is 5.92. The van der Waals surface area contributed by atoms with E-state index in [1.807, 2.05) is 0 Å². The van der Waals surface area contributed by atoms with Crippen LogP contribution in [0, 0.1) is 5.92 Å². The lowest BCUT2D eigenvalue weighted by molar-refractivity contribution is 0.363. The summed E-state index contributed by atoms with van der Waals surface area (Å²) in [7, 11) is 0. The van der Waals surface area contributed by atoms with Crippen molar-refractivity contribution in [3.63, 3.8) is 0 Å². The number of nitrogens with zero attached hydrogens (tertiary/aromatic N) is 3. The van der Waals surface area contributed by atoms with Gasteiger partial charge in [-0.2, -0.15) is 4.98 Å². The van der Waals surface area contributed by atoms with Crippen LogP contribution in [0.1, 0.15) is 18.7 Å². The van der Waals surface area contributed by atoms with Crippen molar-refractivity contribution in [1.82, 2.24) is 15.1 Å². The van der Waals surface area contributed by atoms with Gasteiger partial charge in [-0.15, -0.1) is 0 Å². The Balaban J connectivity index is 1.74. The Morgan fingerprint density at radius 1 is 1.44 bits per heavy atom. The molecule has 0 amide bonds. The van der Waals surface area contributed by atoms with E-state index in [9.17, 15) is 0 Å². The van der Waals surface area contributed by atoms with Gasteiger partial charge in [-0.3, -0.25) is 4.98 Å². The highest BCUT2D eigenvalue weighted by Crippen LogP contribution is 2.32. The first-order chi connectivity index (χ1) is 8.72. The summed E-state index contributed by atoms with van der Waals surface area (Å²) in [4.78, 5) is 8.44. The van der Waals surface area contributed by atoms with Crippen LogP contribution in [0.5, 0.6) is 0 Å². The first-order valence-corrected chi connectivity index (χ1v) is 6.30. The molecule has 1 saturated carbocycles. The predicted octanol–water partition coefficient (Wildman–Crippen LogP) is 2.06. The Morgan fingerprint density at radius 2 is 2.28 bits per heavy atom. The minimum absolute atomic E-state index is 0.122. The Kier molecular flexibility index (Phi) is 3.01. The van der Waals surface area contributed by atoms with Crippen molar-refractivity contribution >= 4 is 11.6 Å². The molecule has 94 valence electrons. The van der Waals surface area contributed by atoms with E-state index in [-0.39, 0.29) is 6.04 Å². The van der Waals surface area contributed by atoms with Crippen LogP contribution in [0.4, 0.5) is 0 Å². The van der Waals surface area contributed by atoms with Crippen molar-refractivity contribution < 1.29 is 4.52 Å². The van der Waals surface area contributed by atoms with Gasteiger partial charge in [0.2, 0.25) is 11.7 Å². The van der Waals surface area contributed by atoms with Gasteiger partial charge in [-0.25, -0.2) is 0 Å². The minimum atomic E-state index is 0.122. The van der Waals surface area contributed by atoms with E-state index in [0.29, 0.717) is 34.8 Å². The number of hydrogen-bond donors (Lipinski definition) is 1. The number of nitrogens with two attached hydrogens (primary N) is 1. The summed E-state index contributed by atoms with van der Waals surface area (Å²) in [6, 6.07) is 3.63. The maximum Gasteiger partial charge on any atom is 0.228 e. The van der Waals surface area contributed by atoms with Gasteiger partial charge in [0.1, 0.15) is 5.69 Å². The second kappa shape index (κ2) is 4.66. The molecule has 2 N–H and O–H groups in total. The third-order valence-corrected chi connectivity index (χ3v) is 3.29. The second-order valence-electron chi connectivity index (χ2n) is 4.58. The Bertz CT molecular complexity index is 535. The SMILES string of the molecule is NC(Cc1nc(-c2ccc(Cl)cn2)no1)C1CC1. The number of pyridine rings is 1. The summed E-state index contributed by atoms with van der Waals surface area (Å²) in [6.07, 6.45) is 4.61. The molecule has 2 heterocycles. The molecule has 1 aliphatic carbocycles. The minimum Gasteiger partial charge on any atom is -0.339 e. The largest absolute Gasteiger partial charge is 0.339 e. The van der Waals surface area contributed by atoms with Crippen molar-refractivity contribution in [3.8, 4) is 11.5 Å². The van der Waals surface area contributed by atoms with Gasteiger partial charge < -0.3 is 10.3 Å². The standard InChI is InChI=1S/C12H13ClN4O/c13-8-3-4-10(15-6-8)12-16-11(18-17-12)5-9(14)7-1-2-7/h3-4,6-7,9H,1-2,5,14H2. The monoisotopic (exact) mass is 264 g/mol. The number of halogens is 1. The first kappa shape index (κ1) is 11.6. The van der Waals surface area contributed by atoms with Gasteiger partial charge in [-0.1, -0.05) is 16.8 Å². The molecule has 1 aliphatic rings. The van der Waals surface area contributed by atoms with Crippen molar-refractivity contribution in [2.45, 2.75) is 25.3 Å². The molecule has 1 atom stereocenters. The van der Waals surface area contributed by atoms with Crippen molar-refractivity contribution in [3.05, 3.63) is 29.2 Å². The maximum atomic E-state index is 6.02. The third kappa shape index (κ3) is 2.52. The van der Waals surface area contributed by atoms with Crippen LogP contribution in [0.25, 0.3) is 11.5 Å².